The van der Waals surface area contributed by atoms with Gasteiger partial charge in [0.05, 0.1) is 23.0 Å². The third-order valence-corrected chi connectivity index (χ3v) is 4.87. The molecule has 0 aromatic carbocycles. The molecule has 30 heavy (non-hydrogen) atoms. The van der Waals surface area contributed by atoms with Gasteiger partial charge in [0.25, 0.3) is 5.91 Å². The molecule has 0 saturated carbocycles. The van der Waals surface area contributed by atoms with Gasteiger partial charge in [-0.2, -0.15) is 0 Å². The van der Waals surface area contributed by atoms with E-state index in [1.54, 1.807) is 19.1 Å². The van der Waals surface area contributed by atoms with Crippen molar-refractivity contribution in [2.75, 3.05) is 13.2 Å². The van der Waals surface area contributed by atoms with Gasteiger partial charge >= 0.3 is 0 Å². The Hall–Kier alpha value is -3.33. The number of nitrogens with one attached hydrogen (secondary N) is 1. The second kappa shape index (κ2) is 9.00. The number of amides is 1. The summed E-state index contributed by atoms with van der Waals surface area (Å²) in [6, 6.07) is 6.26. The summed E-state index contributed by atoms with van der Waals surface area (Å²) < 4.78 is 29.4. The van der Waals surface area contributed by atoms with Crippen LogP contribution in [0, 0.1) is 12.7 Å². The molecular formula is C21H21FN4O4. The number of aryl methyl sites for hydroxylation is 1. The molecule has 0 atom stereocenters. The first-order chi connectivity index (χ1) is 14.6. The molecule has 9 heteroatoms. The van der Waals surface area contributed by atoms with Gasteiger partial charge in [0.15, 0.2) is 0 Å². The van der Waals surface area contributed by atoms with E-state index in [0.717, 1.165) is 19.0 Å². The number of hydrogen-bond donors (Lipinski definition) is 1. The van der Waals surface area contributed by atoms with Gasteiger partial charge in [-0.15, -0.1) is 0 Å². The minimum atomic E-state index is -0.429. The summed E-state index contributed by atoms with van der Waals surface area (Å²) in [6.07, 6.45) is 4.22. The van der Waals surface area contributed by atoms with Gasteiger partial charge in [0.2, 0.25) is 5.88 Å². The van der Waals surface area contributed by atoms with Crippen molar-refractivity contribution >= 4 is 5.91 Å². The molecule has 1 amide bonds. The van der Waals surface area contributed by atoms with Crippen LogP contribution in [-0.2, 0) is 11.3 Å². The summed E-state index contributed by atoms with van der Waals surface area (Å²) in [6.45, 7) is 3.22. The van der Waals surface area contributed by atoms with E-state index in [-0.39, 0.29) is 18.6 Å². The maximum Gasteiger partial charge on any atom is 0.253 e. The highest BCUT2D eigenvalue weighted by Gasteiger charge is 2.19. The smallest absolute Gasteiger partial charge is 0.253 e. The number of carbonyl (C=O) groups is 1. The van der Waals surface area contributed by atoms with E-state index < -0.39 is 5.82 Å². The second-order valence-electron chi connectivity index (χ2n) is 6.96. The van der Waals surface area contributed by atoms with Crippen LogP contribution in [0.2, 0.25) is 0 Å². The molecule has 1 saturated heterocycles. The summed E-state index contributed by atoms with van der Waals surface area (Å²) in [5.41, 5.74) is 2.13. The number of pyridine rings is 2. The van der Waals surface area contributed by atoms with E-state index in [1.165, 1.54) is 18.3 Å². The van der Waals surface area contributed by atoms with Crippen LogP contribution in [-0.4, -0.2) is 40.3 Å². The van der Waals surface area contributed by atoms with Gasteiger partial charge < -0.3 is 19.3 Å². The van der Waals surface area contributed by atoms with E-state index in [9.17, 15) is 9.18 Å². The predicted octanol–water partition coefficient (Wildman–Crippen LogP) is 3.07. The molecule has 1 aliphatic rings. The number of rotatable bonds is 6. The summed E-state index contributed by atoms with van der Waals surface area (Å²) >= 11 is 0. The van der Waals surface area contributed by atoms with Gasteiger partial charge in [0.1, 0.15) is 23.9 Å². The number of nitrogens with zero attached hydrogens (tertiary/aromatic N) is 3. The Morgan fingerprint density at radius 2 is 2.03 bits per heavy atom. The third-order valence-electron chi connectivity index (χ3n) is 4.87. The standard InChI is InChI=1S/C21H21FN4O4/c1-13-17(20(26-30-13)18-4-3-15(22)11-23-18)12-29-19-5-2-14(10-24-19)21(27)25-16-6-8-28-9-7-16/h2-5,10-11,16H,6-9,12H2,1H3,(H,25,27). The molecule has 1 fully saturated rings. The van der Waals surface area contributed by atoms with Crippen molar-refractivity contribution in [1.82, 2.24) is 20.4 Å². The maximum absolute atomic E-state index is 13.1. The monoisotopic (exact) mass is 412 g/mol. The summed E-state index contributed by atoms with van der Waals surface area (Å²) in [5.74, 6) is 0.335. The predicted molar refractivity (Wildman–Crippen MR) is 104 cm³/mol. The summed E-state index contributed by atoms with van der Waals surface area (Å²) in [4.78, 5) is 20.6. The van der Waals surface area contributed by atoms with E-state index in [1.807, 2.05) is 0 Å². The van der Waals surface area contributed by atoms with Crippen molar-refractivity contribution < 1.29 is 23.2 Å². The molecule has 8 nitrogen and oxygen atoms in total. The highest BCUT2D eigenvalue weighted by molar-refractivity contribution is 5.94. The number of aromatic nitrogens is 3. The normalized spacial score (nSPS) is 14.5. The molecule has 3 aromatic rings. The van der Waals surface area contributed by atoms with Crippen LogP contribution in [0.1, 0.15) is 34.5 Å². The first-order valence-corrected chi connectivity index (χ1v) is 9.64. The van der Waals surface area contributed by atoms with E-state index in [4.69, 9.17) is 14.0 Å². The van der Waals surface area contributed by atoms with Crippen molar-refractivity contribution in [3.05, 3.63) is 59.4 Å². The third kappa shape index (κ3) is 4.62. The fraction of sp³-hybridized carbons (Fsp3) is 0.333. The highest BCUT2D eigenvalue weighted by Crippen LogP contribution is 2.25. The lowest BCUT2D eigenvalue weighted by atomic mass is 10.1. The summed E-state index contributed by atoms with van der Waals surface area (Å²) in [7, 11) is 0. The number of halogens is 1. The number of ether oxygens (including phenoxy) is 2. The maximum atomic E-state index is 13.1. The fourth-order valence-corrected chi connectivity index (χ4v) is 3.14. The molecule has 156 valence electrons. The van der Waals surface area contributed by atoms with Crippen molar-refractivity contribution in [2.24, 2.45) is 0 Å². The minimum Gasteiger partial charge on any atom is -0.473 e. The Kier molecular flexibility index (Phi) is 5.99. The molecule has 0 spiro atoms. The molecule has 0 aliphatic carbocycles. The Bertz CT molecular complexity index is 999. The average molecular weight is 412 g/mol. The SMILES string of the molecule is Cc1onc(-c2ccc(F)cn2)c1COc1ccc(C(=O)NC2CCOCC2)cn1. The van der Waals surface area contributed by atoms with Crippen LogP contribution in [0.4, 0.5) is 4.39 Å². The van der Waals surface area contributed by atoms with E-state index in [0.29, 0.717) is 47.4 Å². The summed E-state index contributed by atoms with van der Waals surface area (Å²) in [5, 5.41) is 6.99. The van der Waals surface area contributed by atoms with Gasteiger partial charge in [0, 0.05) is 31.5 Å². The van der Waals surface area contributed by atoms with Crippen molar-refractivity contribution in [1.29, 1.82) is 0 Å². The first kappa shape index (κ1) is 20.0. The van der Waals surface area contributed by atoms with Gasteiger partial charge in [-0.3, -0.25) is 9.78 Å². The highest BCUT2D eigenvalue weighted by atomic mass is 19.1. The Morgan fingerprint density at radius 3 is 2.73 bits per heavy atom. The zero-order valence-electron chi connectivity index (χ0n) is 16.4. The van der Waals surface area contributed by atoms with Crippen LogP contribution in [0.3, 0.4) is 0 Å². The molecular weight excluding hydrogens is 391 g/mol. The molecule has 1 N–H and O–H groups in total. The number of hydrogen-bond acceptors (Lipinski definition) is 7. The number of carbonyl (C=O) groups excluding carboxylic acids is 1. The second-order valence-corrected chi connectivity index (χ2v) is 6.96. The van der Waals surface area contributed by atoms with Crippen molar-refractivity contribution in [2.45, 2.75) is 32.4 Å². The largest absolute Gasteiger partial charge is 0.473 e. The van der Waals surface area contributed by atoms with Crippen LogP contribution >= 0.6 is 0 Å². The fourth-order valence-electron chi connectivity index (χ4n) is 3.14. The molecule has 3 aromatic heterocycles. The van der Waals surface area contributed by atoms with E-state index in [2.05, 4.69) is 20.4 Å². The zero-order chi connectivity index (χ0) is 20.9. The van der Waals surface area contributed by atoms with Gasteiger partial charge in [-0.1, -0.05) is 5.16 Å². The Morgan fingerprint density at radius 1 is 1.20 bits per heavy atom. The lowest BCUT2D eigenvalue weighted by molar-refractivity contribution is 0.0696. The zero-order valence-corrected chi connectivity index (χ0v) is 16.4. The van der Waals surface area contributed by atoms with Crippen LogP contribution in [0.15, 0.2) is 41.2 Å². The molecule has 0 bridgehead atoms. The Balaban J connectivity index is 1.39. The Labute approximate surface area is 172 Å². The quantitative estimate of drug-likeness (QED) is 0.664. The molecule has 1 aliphatic heterocycles. The van der Waals surface area contributed by atoms with Gasteiger partial charge in [-0.25, -0.2) is 9.37 Å². The average Bonchev–Trinajstić information content (AvgIpc) is 3.14. The molecule has 4 heterocycles. The molecule has 0 unspecified atom stereocenters. The van der Waals surface area contributed by atoms with Crippen molar-refractivity contribution in [3.63, 3.8) is 0 Å². The van der Waals surface area contributed by atoms with Crippen molar-refractivity contribution in [3.8, 4) is 17.3 Å². The first-order valence-electron chi connectivity index (χ1n) is 9.64. The van der Waals surface area contributed by atoms with Crippen LogP contribution < -0.4 is 10.1 Å². The van der Waals surface area contributed by atoms with E-state index >= 15 is 0 Å². The van der Waals surface area contributed by atoms with Crippen LogP contribution in [0.25, 0.3) is 11.4 Å². The lowest BCUT2D eigenvalue weighted by Crippen LogP contribution is -2.38. The minimum absolute atomic E-state index is 0.122. The van der Waals surface area contributed by atoms with Gasteiger partial charge in [-0.05, 0) is 38.0 Å². The lowest BCUT2D eigenvalue weighted by Gasteiger charge is -2.23. The molecule has 4 rings (SSSR count). The topological polar surface area (TPSA) is 99.4 Å². The molecule has 0 radical (unpaired) electrons. The van der Waals surface area contributed by atoms with Crippen LogP contribution in [0.5, 0.6) is 5.88 Å².